The van der Waals surface area contributed by atoms with Crippen LogP contribution in [0.5, 0.6) is 0 Å². The van der Waals surface area contributed by atoms with Crippen molar-refractivity contribution in [1.29, 1.82) is 0 Å². The van der Waals surface area contributed by atoms with Gasteiger partial charge in [0.2, 0.25) is 5.95 Å². The quantitative estimate of drug-likeness (QED) is 0.297. The summed E-state index contributed by atoms with van der Waals surface area (Å²) in [5.74, 6) is 1.91. The maximum Gasteiger partial charge on any atom is 0.248 e. The van der Waals surface area contributed by atoms with E-state index in [0.29, 0.717) is 17.8 Å². The first-order valence-corrected chi connectivity index (χ1v) is 11.4. The Hall–Kier alpha value is -4.18. The van der Waals surface area contributed by atoms with Crippen LogP contribution in [0.25, 0.3) is 16.9 Å². The van der Waals surface area contributed by atoms with E-state index in [9.17, 15) is 0 Å². The van der Waals surface area contributed by atoms with Crippen molar-refractivity contribution in [3.05, 3.63) is 72.1 Å². The highest BCUT2D eigenvalue weighted by molar-refractivity contribution is 5.70. The van der Waals surface area contributed by atoms with Crippen LogP contribution in [0, 0.1) is 6.92 Å². The molecule has 1 atom stereocenters. The highest BCUT2D eigenvalue weighted by atomic mass is 15.3. The molecular weight excluding hydrogens is 428 g/mol. The topological polar surface area (TPSA) is 115 Å². The van der Waals surface area contributed by atoms with E-state index in [0.717, 1.165) is 54.5 Å². The molecule has 4 N–H and O–H groups in total. The van der Waals surface area contributed by atoms with Crippen LogP contribution in [0.3, 0.4) is 0 Å². The maximum atomic E-state index is 4.78. The molecule has 1 aliphatic rings. The Morgan fingerprint density at radius 3 is 2.82 bits per heavy atom. The molecular formula is C24H26N10. The van der Waals surface area contributed by atoms with E-state index in [1.807, 2.05) is 41.9 Å². The molecule has 0 spiro atoms. The number of hydrogen-bond acceptors (Lipinski definition) is 7. The van der Waals surface area contributed by atoms with Gasteiger partial charge in [0.05, 0.1) is 5.69 Å². The largest absolute Gasteiger partial charge is 0.364 e. The molecule has 0 bridgehead atoms. The van der Waals surface area contributed by atoms with Crippen LogP contribution in [0.1, 0.15) is 17.7 Å². The zero-order valence-electron chi connectivity index (χ0n) is 18.9. The maximum absolute atomic E-state index is 4.78. The summed E-state index contributed by atoms with van der Waals surface area (Å²) in [6.07, 6.45) is 2.99. The molecule has 5 heterocycles. The van der Waals surface area contributed by atoms with E-state index in [4.69, 9.17) is 4.98 Å². The zero-order valence-corrected chi connectivity index (χ0v) is 18.9. The number of H-pyrrole nitrogens is 2. The second-order valence-corrected chi connectivity index (χ2v) is 8.70. The Morgan fingerprint density at radius 1 is 1.06 bits per heavy atom. The number of aryl methyl sites for hydroxylation is 1. The lowest BCUT2D eigenvalue weighted by atomic mass is 10.2. The van der Waals surface area contributed by atoms with Gasteiger partial charge in [0.1, 0.15) is 11.2 Å². The summed E-state index contributed by atoms with van der Waals surface area (Å²) in [6.45, 7) is 4.96. The number of aromatic nitrogens is 7. The van der Waals surface area contributed by atoms with E-state index in [-0.39, 0.29) is 0 Å². The smallest absolute Gasteiger partial charge is 0.248 e. The van der Waals surface area contributed by atoms with Crippen molar-refractivity contribution in [1.82, 2.24) is 39.9 Å². The molecule has 6 rings (SSSR count). The van der Waals surface area contributed by atoms with Crippen molar-refractivity contribution < 1.29 is 0 Å². The molecule has 34 heavy (non-hydrogen) atoms. The molecule has 4 aromatic heterocycles. The van der Waals surface area contributed by atoms with Crippen LogP contribution >= 0.6 is 0 Å². The van der Waals surface area contributed by atoms with Crippen LogP contribution in [0.2, 0.25) is 0 Å². The van der Waals surface area contributed by atoms with E-state index in [2.05, 4.69) is 71.4 Å². The Kier molecular flexibility index (Phi) is 5.19. The predicted octanol–water partition coefficient (Wildman–Crippen LogP) is 3.58. The Morgan fingerprint density at radius 2 is 1.97 bits per heavy atom. The van der Waals surface area contributed by atoms with E-state index in [1.165, 1.54) is 5.56 Å². The second-order valence-electron chi connectivity index (χ2n) is 8.70. The van der Waals surface area contributed by atoms with Gasteiger partial charge in [-0.2, -0.15) is 15.2 Å². The minimum absolute atomic E-state index is 0.324. The first-order chi connectivity index (χ1) is 16.7. The standard InChI is InChI=1S/C24H26N10/c1-16-12-19(29-28-16)20-13-22(31-30-20)26-24-27-23(21-8-5-10-34(21)32-24)25-18-9-11-33(15-18)14-17-6-3-2-4-7-17/h2-8,10,12-13,18H,9,11,14-15H2,1H3,(H,28,29)(H3,25,26,27,30,31,32). The predicted molar refractivity (Wildman–Crippen MR) is 131 cm³/mol. The van der Waals surface area contributed by atoms with Crippen LogP contribution < -0.4 is 10.6 Å². The first kappa shape index (κ1) is 20.4. The Balaban J connectivity index is 1.18. The van der Waals surface area contributed by atoms with Crippen molar-refractivity contribution >= 4 is 23.1 Å². The van der Waals surface area contributed by atoms with Gasteiger partial charge >= 0.3 is 0 Å². The first-order valence-electron chi connectivity index (χ1n) is 11.4. The number of aromatic amines is 2. The molecule has 0 radical (unpaired) electrons. The Labute approximate surface area is 196 Å². The number of rotatable bonds is 7. The van der Waals surface area contributed by atoms with E-state index < -0.39 is 0 Å². The lowest BCUT2D eigenvalue weighted by molar-refractivity contribution is 0.328. The summed E-state index contributed by atoms with van der Waals surface area (Å²) in [7, 11) is 0. The molecule has 1 aliphatic heterocycles. The SMILES string of the molecule is Cc1cc(-c2cc(Nc3nc(NC4CCN(Cc5ccccc5)C4)c4cccn4n3)n[nH]2)n[nH]1. The summed E-state index contributed by atoms with van der Waals surface area (Å²) >= 11 is 0. The molecule has 10 heteroatoms. The van der Waals surface area contributed by atoms with Gasteiger partial charge in [0.15, 0.2) is 11.6 Å². The molecule has 0 amide bonds. The molecule has 1 fully saturated rings. The van der Waals surface area contributed by atoms with Gasteiger partial charge in [-0.1, -0.05) is 30.3 Å². The minimum Gasteiger partial charge on any atom is -0.364 e. The summed E-state index contributed by atoms with van der Waals surface area (Å²) in [5, 5.41) is 26.0. The number of fused-ring (bicyclic) bond motifs is 1. The highest BCUT2D eigenvalue weighted by Gasteiger charge is 2.24. The number of nitrogens with zero attached hydrogens (tertiary/aromatic N) is 6. The average molecular weight is 455 g/mol. The normalized spacial score (nSPS) is 16.3. The molecule has 172 valence electrons. The van der Waals surface area contributed by atoms with Gasteiger partial charge in [-0.15, -0.1) is 5.10 Å². The minimum atomic E-state index is 0.324. The Bertz CT molecular complexity index is 1400. The third-order valence-corrected chi connectivity index (χ3v) is 6.05. The van der Waals surface area contributed by atoms with Crippen molar-refractivity contribution in [2.75, 3.05) is 23.7 Å². The third-order valence-electron chi connectivity index (χ3n) is 6.05. The summed E-state index contributed by atoms with van der Waals surface area (Å²) in [4.78, 5) is 7.26. The number of nitrogens with one attached hydrogen (secondary N) is 4. The van der Waals surface area contributed by atoms with Gasteiger partial charge in [-0.25, -0.2) is 4.52 Å². The van der Waals surface area contributed by atoms with Crippen molar-refractivity contribution in [2.45, 2.75) is 25.9 Å². The molecule has 0 aliphatic carbocycles. The fraction of sp³-hybridized carbons (Fsp3) is 0.250. The number of benzene rings is 1. The van der Waals surface area contributed by atoms with Gasteiger partial charge in [0.25, 0.3) is 0 Å². The van der Waals surface area contributed by atoms with Gasteiger partial charge in [-0.05, 0) is 37.1 Å². The van der Waals surface area contributed by atoms with Gasteiger partial charge < -0.3 is 10.6 Å². The summed E-state index contributed by atoms with van der Waals surface area (Å²) in [6, 6.07) is 18.8. The highest BCUT2D eigenvalue weighted by Crippen LogP contribution is 2.24. The monoisotopic (exact) mass is 454 g/mol. The summed E-state index contributed by atoms with van der Waals surface area (Å²) in [5.41, 5.74) is 4.90. The molecule has 1 saturated heterocycles. The van der Waals surface area contributed by atoms with Crippen molar-refractivity contribution in [3.8, 4) is 11.4 Å². The van der Waals surface area contributed by atoms with Crippen molar-refractivity contribution in [3.63, 3.8) is 0 Å². The lowest BCUT2D eigenvalue weighted by Crippen LogP contribution is -2.26. The zero-order chi connectivity index (χ0) is 22.9. The molecule has 5 aromatic rings. The van der Waals surface area contributed by atoms with E-state index in [1.54, 1.807) is 0 Å². The molecule has 1 unspecified atom stereocenters. The average Bonchev–Trinajstić information content (AvgIpc) is 3.63. The number of likely N-dealkylation sites (tertiary alicyclic amines) is 1. The molecule has 1 aromatic carbocycles. The fourth-order valence-corrected chi connectivity index (χ4v) is 4.41. The summed E-state index contributed by atoms with van der Waals surface area (Å²) < 4.78 is 1.83. The fourth-order valence-electron chi connectivity index (χ4n) is 4.41. The van der Waals surface area contributed by atoms with Crippen LogP contribution in [0.4, 0.5) is 17.6 Å². The van der Waals surface area contributed by atoms with E-state index >= 15 is 0 Å². The van der Waals surface area contributed by atoms with Crippen LogP contribution in [-0.2, 0) is 6.54 Å². The number of anilines is 3. The lowest BCUT2D eigenvalue weighted by Gasteiger charge is -2.18. The number of hydrogen-bond donors (Lipinski definition) is 4. The van der Waals surface area contributed by atoms with Crippen LogP contribution in [0.15, 0.2) is 60.8 Å². The van der Waals surface area contributed by atoms with Gasteiger partial charge in [0, 0.05) is 43.6 Å². The third kappa shape index (κ3) is 4.23. The van der Waals surface area contributed by atoms with Gasteiger partial charge in [-0.3, -0.25) is 15.1 Å². The molecule has 0 saturated carbocycles. The molecule has 10 nitrogen and oxygen atoms in total. The second kappa shape index (κ2) is 8.64. The van der Waals surface area contributed by atoms with Crippen LogP contribution in [-0.4, -0.2) is 59.0 Å². The van der Waals surface area contributed by atoms with Crippen molar-refractivity contribution in [2.24, 2.45) is 0 Å².